The molecule has 6 nitrogen and oxygen atoms in total. The van der Waals surface area contributed by atoms with Crippen LogP contribution >= 0.6 is 11.3 Å². The predicted octanol–water partition coefficient (Wildman–Crippen LogP) is 1.72. The summed E-state index contributed by atoms with van der Waals surface area (Å²) in [6.07, 6.45) is 4.82. The van der Waals surface area contributed by atoms with E-state index in [0.717, 1.165) is 63.8 Å². The van der Waals surface area contributed by atoms with Gasteiger partial charge in [-0.15, -0.1) is 10.2 Å². The van der Waals surface area contributed by atoms with Gasteiger partial charge in [0.25, 0.3) is 0 Å². The monoisotopic (exact) mass is 325 g/mol. The fraction of sp³-hybridized carbons (Fsp3) is 0.867. The van der Waals surface area contributed by atoms with Crippen molar-refractivity contribution >= 4 is 16.5 Å². The summed E-state index contributed by atoms with van der Waals surface area (Å²) in [6.45, 7) is 4.29. The Kier molecular flexibility index (Phi) is 4.56. The van der Waals surface area contributed by atoms with E-state index in [1.165, 1.54) is 0 Å². The molecule has 4 rings (SSSR count). The molecule has 122 valence electrons. The Bertz CT molecular complexity index is 467. The highest BCUT2D eigenvalue weighted by atomic mass is 32.1. The molecular formula is C15H23N3O3S. The summed E-state index contributed by atoms with van der Waals surface area (Å²) in [5.41, 5.74) is 1.80. The largest absolute Gasteiger partial charge is 0.381 e. The minimum atomic E-state index is 0.150. The molecule has 3 fully saturated rings. The van der Waals surface area contributed by atoms with E-state index in [4.69, 9.17) is 14.2 Å². The van der Waals surface area contributed by atoms with Crippen LogP contribution in [-0.4, -0.2) is 61.4 Å². The maximum Gasteiger partial charge on any atom is 0.208 e. The van der Waals surface area contributed by atoms with Crippen LogP contribution in [-0.2, 0) is 14.2 Å². The number of ether oxygens (including phenoxy) is 3. The molecule has 0 aromatic carbocycles. The van der Waals surface area contributed by atoms with Crippen molar-refractivity contribution in [2.24, 2.45) is 5.92 Å². The van der Waals surface area contributed by atoms with Crippen molar-refractivity contribution in [1.82, 2.24) is 10.2 Å². The van der Waals surface area contributed by atoms with Gasteiger partial charge in [0.2, 0.25) is 5.13 Å². The zero-order valence-electron chi connectivity index (χ0n) is 12.7. The molecule has 3 aliphatic heterocycles. The quantitative estimate of drug-likeness (QED) is 0.840. The van der Waals surface area contributed by atoms with Crippen molar-refractivity contribution in [2.75, 3.05) is 37.9 Å². The Balaban J connectivity index is 1.41. The maximum atomic E-state index is 6.27. The third kappa shape index (κ3) is 2.99. The molecule has 1 aromatic rings. The standard InChI is InChI=1S/C15H23N3O3S/c1-2-12-14(20-5-1)13(8-18(12)15-17-16-10-22-15)21-9-11-3-6-19-7-4-11/h10-14H,1-9H2/t12-,13+,14+/m0/s1. The van der Waals surface area contributed by atoms with E-state index in [0.29, 0.717) is 12.0 Å². The van der Waals surface area contributed by atoms with Gasteiger partial charge in [-0.1, -0.05) is 11.3 Å². The van der Waals surface area contributed by atoms with Crippen LogP contribution < -0.4 is 4.90 Å². The smallest absolute Gasteiger partial charge is 0.208 e. The van der Waals surface area contributed by atoms with Crippen LogP contribution in [0.15, 0.2) is 5.51 Å². The van der Waals surface area contributed by atoms with Gasteiger partial charge in [-0.05, 0) is 31.6 Å². The summed E-state index contributed by atoms with van der Waals surface area (Å²) in [4.78, 5) is 2.34. The predicted molar refractivity (Wildman–Crippen MR) is 83.3 cm³/mol. The molecule has 0 bridgehead atoms. The Morgan fingerprint density at radius 2 is 2.18 bits per heavy atom. The SMILES string of the molecule is c1nnc(N2C[C@@H](OCC3CCOCC3)[C@@H]3OCCC[C@@H]32)s1. The van der Waals surface area contributed by atoms with Crippen molar-refractivity contribution in [1.29, 1.82) is 0 Å². The number of rotatable bonds is 4. The molecule has 4 heterocycles. The van der Waals surface area contributed by atoms with Gasteiger partial charge in [0.1, 0.15) is 17.7 Å². The van der Waals surface area contributed by atoms with Crippen LogP contribution in [0.2, 0.25) is 0 Å². The normalized spacial score (nSPS) is 33.1. The molecule has 0 saturated carbocycles. The zero-order valence-corrected chi connectivity index (χ0v) is 13.5. The van der Waals surface area contributed by atoms with Gasteiger partial charge in [0, 0.05) is 26.4 Å². The summed E-state index contributed by atoms with van der Waals surface area (Å²) < 4.78 is 17.7. The Hall–Kier alpha value is -0.760. The molecule has 22 heavy (non-hydrogen) atoms. The maximum absolute atomic E-state index is 6.27. The first kappa shape index (κ1) is 14.8. The van der Waals surface area contributed by atoms with E-state index in [-0.39, 0.29) is 12.2 Å². The van der Waals surface area contributed by atoms with Gasteiger partial charge in [-0.2, -0.15) is 0 Å². The lowest BCUT2D eigenvalue weighted by Crippen LogP contribution is -2.42. The second kappa shape index (κ2) is 6.78. The van der Waals surface area contributed by atoms with Crippen molar-refractivity contribution in [3.05, 3.63) is 5.51 Å². The Labute approximate surface area is 134 Å². The average Bonchev–Trinajstić information content (AvgIpc) is 3.22. The molecule has 0 radical (unpaired) electrons. The number of hydrogen-bond donors (Lipinski definition) is 0. The van der Waals surface area contributed by atoms with E-state index in [9.17, 15) is 0 Å². The average molecular weight is 325 g/mol. The minimum absolute atomic E-state index is 0.150. The first-order chi connectivity index (χ1) is 10.9. The van der Waals surface area contributed by atoms with Crippen molar-refractivity contribution < 1.29 is 14.2 Å². The van der Waals surface area contributed by atoms with Crippen LogP contribution in [0.1, 0.15) is 25.7 Å². The van der Waals surface area contributed by atoms with Gasteiger partial charge in [0.15, 0.2) is 0 Å². The van der Waals surface area contributed by atoms with E-state index >= 15 is 0 Å². The molecule has 0 aliphatic carbocycles. The minimum Gasteiger partial charge on any atom is -0.381 e. The highest BCUT2D eigenvalue weighted by Gasteiger charge is 2.45. The summed E-state index contributed by atoms with van der Waals surface area (Å²) in [6, 6.07) is 0.390. The van der Waals surface area contributed by atoms with Gasteiger partial charge in [-0.3, -0.25) is 0 Å². The fourth-order valence-electron chi connectivity index (χ4n) is 3.74. The number of nitrogens with zero attached hydrogens (tertiary/aromatic N) is 3. The topological polar surface area (TPSA) is 56.7 Å². The number of fused-ring (bicyclic) bond motifs is 1. The number of anilines is 1. The first-order valence-corrected chi connectivity index (χ1v) is 9.13. The molecule has 0 amide bonds. The van der Waals surface area contributed by atoms with E-state index in [1.807, 2.05) is 0 Å². The van der Waals surface area contributed by atoms with Crippen LogP contribution in [0.5, 0.6) is 0 Å². The van der Waals surface area contributed by atoms with Gasteiger partial charge >= 0.3 is 0 Å². The van der Waals surface area contributed by atoms with Gasteiger partial charge < -0.3 is 19.1 Å². The molecular weight excluding hydrogens is 302 g/mol. The molecule has 1 aromatic heterocycles. The summed E-state index contributed by atoms with van der Waals surface area (Å²) >= 11 is 1.60. The summed E-state index contributed by atoms with van der Waals surface area (Å²) in [5, 5.41) is 9.22. The van der Waals surface area contributed by atoms with Crippen LogP contribution in [0.3, 0.4) is 0 Å². The van der Waals surface area contributed by atoms with Crippen LogP contribution in [0.4, 0.5) is 5.13 Å². The highest BCUT2D eigenvalue weighted by Crippen LogP contribution is 2.35. The highest BCUT2D eigenvalue weighted by molar-refractivity contribution is 7.13. The zero-order chi connectivity index (χ0) is 14.8. The lowest BCUT2D eigenvalue weighted by molar-refractivity contribution is -0.0868. The molecule has 0 spiro atoms. The molecule has 0 unspecified atom stereocenters. The van der Waals surface area contributed by atoms with Crippen molar-refractivity contribution in [2.45, 2.75) is 43.9 Å². The van der Waals surface area contributed by atoms with Crippen LogP contribution in [0.25, 0.3) is 0 Å². The third-order valence-electron chi connectivity index (χ3n) is 4.96. The van der Waals surface area contributed by atoms with Crippen molar-refractivity contribution in [3.63, 3.8) is 0 Å². The fourth-order valence-corrected chi connectivity index (χ4v) is 4.37. The van der Waals surface area contributed by atoms with Gasteiger partial charge in [-0.25, -0.2) is 0 Å². The number of aromatic nitrogens is 2. The van der Waals surface area contributed by atoms with Crippen LogP contribution in [0, 0.1) is 5.92 Å². The molecule has 3 aliphatic rings. The van der Waals surface area contributed by atoms with Gasteiger partial charge in [0.05, 0.1) is 12.6 Å². The molecule has 3 saturated heterocycles. The van der Waals surface area contributed by atoms with Crippen molar-refractivity contribution in [3.8, 4) is 0 Å². The van der Waals surface area contributed by atoms with E-state index in [1.54, 1.807) is 16.8 Å². The van der Waals surface area contributed by atoms with E-state index in [2.05, 4.69) is 15.1 Å². The third-order valence-corrected chi connectivity index (χ3v) is 5.68. The lowest BCUT2D eigenvalue weighted by atomic mass is 10.0. The Morgan fingerprint density at radius 1 is 1.27 bits per heavy atom. The summed E-state index contributed by atoms with van der Waals surface area (Å²) in [7, 11) is 0. The summed E-state index contributed by atoms with van der Waals surface area (Å²) in [5.74, 6) is 0.631. The second-order valence-corrected chi connectivity index (χ2v) is 7.16. The first-order valence-electron chi connectivity index (χ1n) is 8.25. The number of hydrogen-bond acceptors (Lipinski definition) is 7. The molecule has 3 atom stereocenters. The molecule has 0 N–H and O–H groups in total. The lowest BCUT2D eigenvalue weighted by Gasteiger charge is -2.32. The van der Waals surface area contributed by atoms with E-state index < -0.39 is 0 Å². The second-order valence-electron chi connectivity index (χ2n) is 6.35. The molecule has 7 heteroatoms. The Morgan fingerprint density at radius 3 is 3.00 bits per heavy atom.